The van der Waals surface area contributed by atoms with Crippen LogP contribution in [0.1, 0.15) is 12.0 Å². The van der Waals surface area contributed by atoms with Crippen molar-refractivity contribution in [3.05, 3.63) is 35.6 Å². The zero-order chi connectivity index (χ0) is 10.4. The molecule has 0 saturated carbocycles. The molecule has 0 aromatic heterocycles. The van der Waals surface area contributed by atoms with Crippen LogP contribution in [-0.4, -0.2) is 24.9 Å². The number of aliphatic hydroxyl groups excluding tert-OH is 1. The normalized spacial score (nSPS) is 12.8. The van der Waals surface area contributed by atoms with Gasteiger partial charge in [0.05, 0.1) is 12.7 Å². The van der Waals surface area contributed by atoms with Gasteiger partial charge in [-0.1, -0.05) is 12.1 Å². The molecule has 78 valence electrons. The fourth-order valence-electron chi connectivity index (χ4n) is 1.30. The Labute approximate surface area is 83.3 Å². The molecule has 14 heavy (non-hydrogen) atoms. The maximum Gasteiger partial charge on any atom is 0.123 e. The van der Waals surface area contributed by atoms with E-state index in [9.17, 15) is 9.50 Å². The van der Waals surface area contributed by atoms with Crippen molar-refractivity contribution in [2.75, 3.05) is 13.7 Å². The van der Waals surface area contributed by atoms with Gasteiger partial charge >= 0.3 is 0 Å². The van der Waals surface area contributed by atoms with Crippen LogP contribution in [0, 0.1) is 5.82 Å². The number of hydrogen-bond acceptors (Lipinski definition) is 2. The van der Waals surface area contributed by atoms with E-state index in [-0.39, 0.29) is 5.82 Å². The maximum absolute atomic E-state index is 12.8. The standard InChI is InChI=1S/C11H15FO2/c1-14-8-11(13)6-5-9-3-2-4-10(12)7-9/h2-4,7,11,13H,5-6,8H2,1H3. The Morgan fingerprint density at radius 1 is 1.50 bits per heavy atom. The van der Waals surface area contributed by atoms with Crippen LogP contribution in [0.4, 0.5) is 4.39 Å². The van der Waals surface area contributed by atoms with E-state index < -0.39 is 6.10 Å². The summed E-state index contributed by atoms with van der Waals surface area (Å²) in [6.45, 7) is 0.329. The highest BCUT2D eigenvalue weighted by atomic mass is 19.1. The first-order chi connectivity index (χ1) is 6.72. The highest BCUT2D eigenvalue weighted by Gasteiger charge is 2.03. The third-order valence-corrected chi connectivity index (χ3v) is 2.01. The van der Waals surface area contributed by atoms with E-state index in [0.717, 1.165) is 5.56 Å². The molecule has 1 aromatic carbocycles. The van der Waals surface area contributed by atoms with Gasteiger partial charge in [-0.3, -0.25) is 0 Å². The molecule has 0 aliphatic carbocycles. The van der Waals surface area contributed by atoms with Crippen LogP contribution in [0.25, 0.3) is 0 Å². The highest BCUT2D eigenvalue weighted by Crippen LogP contribution is 2.07. The van der Waals surface area contributed by atoms with Gasteiger partial charge in [0.25, 0.3) is 0 Å². The molecule has 3 heteroatoms. The van der Waals surface area contributed by atoms with Crippen molar-refractivity contribution in [3.8, 4) is 0 Å². The van der Waals surface area contributed by atoms with E-state index >= 15 is 0 Å². The summed E-state index contributed by atoms with van der Waals surface area (Å²) in [5.74, 6) is -0.233. The molecule has 1 aromatic rings. The first-order valence-electron chi connectivity index (χ1n) is 4.64. The topological polar surface area (TPSA) is 29.5 Å². The third-order valence-electron chi connectivity index (χ3n) is 2.01. The molecular formula is C11H15FO2. The Balaban J connectivity index is 2.37. The van der Waals surface area contributed by atoms with Crippen molar-refractivity contribution in [1.82, 2.24) is 0 Å². The van der Waals surface area contributed by atoms with E-state index in [1.165, 1.54) is 12.1 Å². The number of aryl methyl sites for hydroxylation is 1. The molecule has 0 spiro atoms. The number of methoxy groups -OCH3 is 1. The van der Waals surface area contributed by atoms with Crippen LogP contribution in [0.5, 0.6) is 0 Å². The zero-order valence-corrected chi connectivity index (χ0v) is 8.24. The summed E-state index contributed by atoms with van der Waals surface area (Å²) in [5.41, 5.74) is 0.903. The Hall–Kier alpha value is -0.930. The number of aliphatic hydroxyl groups is 1. The van der Waals surface area contributed by atoms with Gasteiger partial charge in [0, 0.05) is 7.11 Å². The zero-order valence-electron chi connectivity index (χ0n) is 8.24. The number of ether oxygens (including phenoxy) is 1. The Morgan fingerprint density at radius 2 is 2.29 bits per heavy atom. The van der Waals surface area contributed by atoms with Crippen molar-refractivity contribution in [3.63, 3.8) is 0 Å². The predicted molar refractivity (Wildman–Crippen MR) is 52.6 cm³/mol. The average molecular weight is 198 g/mol. The van der Waals surface area contributed by atoms with Crippen LogP contribution in [-0.2, 0) is 11.2 Å². The lowest BCUT2D eigenvalue weighted by Gasteiger charge is -2.08. The molecule has 0 saturated heterocycles. The van der Waals surface area contributed by atoms with E-state index in [1.54, 1.807) is 13.2 Å². The molecule has 0 radical (unpaired) electrons. The largest absolute Gasteiger partial charge is 0.391 e. The third kappa shape index (κ3) is 3.85. The summed E-state index contributed by atoms with van der Waals surface area (Å²) in [6, 6.07) is 6.42. The van der Waals surface area contributed by atoms with Crippen LogP contribution < -0.4 is 0 Å². The minimum Gasteiger partial charge on any atom is -0.391 e. The molecular weight excluding hydrogens is 183 g/mol. The predicted octanol–water partition coefficient (Wildman–Crippen LogP) is 1.77. The summed E-state index contributed by atoms with van der Waals surface area (Å²) < 4.78 is 17.5. The fourth-order valence-corrected chi connectivity index (χ4v) is 1.30. The van der Waals surface area contributed by atoms with Gasteiger partial charge in [0.2, 0.25) is 0 Å². The highest BCUT2D eigenvalue weighted by molar-refractivity contribution is 5.16. The van der Waals surface area contributed by atoms with E-state index in [2.05, 4.69) is 0 Å². The first-order valence-corrected chi connectivity index (χ1v) is 4.64. The lowest BCUT2D eigenvalue weighted by Crippen LogP contribution is -2.14. The Kier molecular flexibility index (Phi) is 4.56. The molecule has 0 fully saturated rings. The summed E-state index contributed by atoms with van der Waals surface area (Å²) in [6.07, 6.45) is 0.794. The summed E-state index contributed by atoms with van der Waals surface area (Å²) in [4.78, 5) is 0. The van der Waals surface area contributed by atoms with Crippen LogP contribution >= 0.6 is 0 Å². The molecule has 0 amide bonds. The van der Waals surface area contributed by atoms with Gasteiger partial charge < -0.3 is 9.84 Å². The smallest absolute Gasteiger partial charge is 0.123 e. The lowest BCUT2D eigenvalue weighted by molar-refractivity contribution is 0.0595. The molecule has 1 atom stereocenters. The van der Waals surface area contributed by atoms with Gasteiger partial charge in [-0.2, -0.15) is 0 Å². The second-order valence-electron chi connectivity index (χ2n) is 3.28. The van der Waals surface area contributed by atoms with Gasteiger partial charge in [0.1, 0.15) is 5.82 Å². The number of hydrogen-bond donors (Lipinski definition) is 1. The Morgan fingerprint density at radius 3 is 2.93 bits per heavy atom. The molecule has 1 rings (SSSR count). The number of rotatable bonds is 5. The number of halogens is 1. The second kappa shape index (κ2) is 5.73. The summed E-state index contributed by atoms with van der Waals surface area (Å²) >= 11 is 0. The molecule has 0 bridgehead atoms. The van der Waals surface area contributed by atoms with Gasteiger partial charge in [0.15, 0.2) is 0 Å². The van der Waals surface area contributed by atoms with Crippen molar-refractivity contribution in [2.24, 2.45) is 0 Å². The van der Waals surface area contributed by atoms with Crippen molar-refractivity contribution in [2.45, 2.75) is 18.9 Å². The van der Waals surface area contributed by atoms with Gasteiger partial charge in [-0.15, -0.1) is 0 Å². The molecule has 0 aliphatic heterocycles. The lowest BCUT2D eigenvalue weighted by atomic mass is 10.1. The van der Waals surface area contributed by atoms with E-state index in [4.69, 9.17) is 4.74 Å². The molecule has 1 N–H and O–H groups in total. The molecule has 0 heterocycles. The van der Waals surface area contributed by atoms with E-state index in [1.807, 2.05) is 6.07 Å². The maximum atomic E-state index is 12.8. The Bertz CT molecular complexity index is 276. The minimum absolute atomic E-state index is 0.233. The average Bonchev–Trinajstić information content (AvgIpc) is 2.15. The van der Waals surface area contributed by atoms with Gasteiger partial charge in [-0.25, -0.2) is 4.39 Å². The van der Waals surface area contributed by atoms with Gasteiger partial charge in [-0.05, 0) is 30.5 Å². The van der Waals surface area contributed by atoms with Crippen LogP contribution in [0.15, 0.2) is 24.3 Å². The minimum atomic E-state index is -0.469. The quantitative estimate of drug-likeness (QED) is 0.781. The fraction of sp³-hybridized carbons (Fsp3) is 0.455. The molecule has 0 aliphatic rings. The summed E-state index contributed by atoms with van der Waals surface area (Å²) in [7, 11) is 1.55. The SMILES string of the molecule is COCC(O)CCc1cccc(F)c1. The van der Waals surface area contributed by atoms with Crippen LogP contribution in [0.2, 0.25) is 0 Å². The number of benzene rings is 1. The summed E-state index contributed by atoms with van der Waals surface area (Å²) in [5, 5.41) is 9.36. The first kappa shape index (κ1) is 11.1. The monoisotopic (exact) mass is 198 g/mol. The second-order valence-corrected chi connectivity index (χ2v) is 3.28. The molecule has 1 unspecified atom stereocenters. The molecule has 2 nitrogen and oxygen atoms in total. The van der Waals surface area contributed by atoms with Crippen molar-refractivity contribution < 1.29 is 14.2 Å². The van der Waals surface area contributed by atoms with E-state index in [0.29, 0.717) is 19.4 Å². The van der Waals surface area contributed by atoms with Crippen molar-refractivity contribution in [1.29, 1.82) is 0 Å². The van der Waals surface area contributed by atoms with Crippen molar-refractivity contribution >= 4 is 0 Å². The van der Waals surface area contributed by atoms with Crippen LogP contribution in [0.3, 0.4) is 0 Å².